The molecule has 0 radical (unpaired) electrons. The Bertz CT molecular complexity index is 387. The normalized spacial score (nSPS) is 17.3. The van der Waals surface area contributed by atoms with Gasteiger partial charge in [0.05, 0.1) is 0 Å². The summed E-state index contributed by atoms with van der Waals surface area (Å²) >= 11 is 0. The minimum absolute atomic E-state index is 0.210. The summed E-state index contributed by atoms with van der Waals surface area (Å²) in [6.07, 6.45) is 6.96. The van der Waals surface area contributed by atoms with Crippen molar-refractivity contribution >= 4 is 0 Å². The topological polar surface area (TPSA) is 37.8 Å². The number of aryl methyl sites for hydroxylation is 1. The molecule has 1 aromatic heterocycles. The number of hydrogen-bond acceptors (Lipinski definition) is 1. The van der Waals surface area contributed by atoms with E-state index >= 15 is 0 Å². The standard InChI is InChI=1S/C12H20N2O/c1-9(2)14-12(15)10-7-5-3-4-6-8-11(10)13-14/h9,13H,3-8H2,1-2H3. The zero-order valence-corrected chi connectivity index (χ0v) is 9.68. The van der Waals surface area contributed by atoms with Crippen molar-refractivity contribution in [2.24, 2.45) is 0 Å². The van der Waals surface area contributed by atoms with Crippen molar-refractivity contribution < 1.29 is 0 Å². The van der Waals surface area contributed by atoms with Crippen molar-refractivity contribution in [1.29, 1.82) is 0 Å². The fourth-order valence-electron chi connectivity index (χ4n) is 2.32. The molecule has 0 fully saturated rings. The highest BCUT2D eigenvalue weighted by molar-refractivity contribution is 5.18. The van der Waals surface area contributed by atoms with E-state index in [-0.39, 0.29) is 11.6 Å². The van der Waals surface area contributed by atoms with Gasteiger partial charge in [-0.1, -0.05) is 12.8 Å². The molecule has 0 amide bonds. The third kappa shape index (κ3) is 2.01. The van der Waals surface area contributed by atoms with Gasteiger partial charge >= 0.3 is 0 Å². The molecule has 3 heteroatoms. The molecular formula is C12H20N2O. The van der Waals surface area contributed by atoms with E-state index in [1.54, 1.807) is 4.68 Å². The van der Waals surface area contributed by atoms with Gasteiger partial charge in [0.2, 0.25) is 0 Å². The monoisotopic (exact) mass is 208 g/mol. The third-order valence-electron chi connectivity index (χ3n) is 3.22. The average molecular weight is 208 g/mol. The summed E-state index contributed by atoms with van der Waals surface area (Å²) in [5.74, 6) is 0. The maximum Gasteiger partial charge on any atom is 0.270 e. The number of aromatic amines is 1. The predicted octanol–water partition coefficient (Wildman–Crippen LogP) is 2.42. The van der Waals surface area contributed by atoms with E-state index in [9.17, 15) is 4.79 Å². The van der Waals surface area contributed by atoms with Gasteiger partial charge in [-0.15, -0.1) is 0 Å². The molecule has 1 aliphatic carbocycles. The maximum absolute atomic E-state index is 12.1. The smallest absolute Gasteiger partial charge is 0.270 e. The highest BCUT2D eigenvalue weighted by atomic mass is 16.1. The second-order valence-corrected chi connectivity index (χ2v) is 4.75. The van der Waals surface area contributed by atoms with Gasteiger partial charge in [0.15, 0.2) is 0 Å². The molecule has 2 rings (SSSR count). The lowest BCUT2D eigenvalue weighted by Crippen LogP contribution is -2.20. The van der Waals surface area contributed by atoms with Crippen LogP contribution in [0, 0.1) is 0 Å². The van der Waals surface area contributed by atoms with Gasteiger partial charge in [-0.3, -0.25) is 14.6 Å². The molecule has 0 saturated heterocycles. The predicted molar refractivity (Wildman–Crippen MR) is 61.3 cm³/mol. The minimum atomic E-state index is 0.210. The first-order valence-electron chi connectivity index (χ1n) is 6.02. The second kappa shape index (κ2) is 4.25. The fraction of sp³-hybridized carbons (Fsp3) is 0.750. The van der Waals surface area contributed by atoms with E-state index < -0.39 is 0 Å². The number of aromatic nitrogens is 2. The Labute approximate surface area is 90.5 Å². The number of nitrogens with zero attached hydrogens (tertiary/aromatic N) is 1. The Balaban J connectivity index is 2.40. The van der Waals surface area contributed by atoms with Crippen molar-refractivity contribution in [2.45, 2.75) is 58.4 Å². The van der Waals surface area contributed by atoms with Crippen LogP contribution in [0.15, 0.2) is 4.79 Å². The molecule has 0 aliphatic heterocycles. The summed E-state index contributed by atoms with van der Waals surface area (Å²) in [5, 5.41) is 3.27. The summed E-state index contributed by atoms with van der Waals surface area (Å²) in [7, 11) is 0. The van der Waals surface area contributed by atoms with Gasteiger partial charge < -0.3 is 0 Å². The Morgan fingerprint density at radius 2 is 1.80 bits per heavy atom. The van der Waals surface area contributed by atoms with Crippen LogP contribution in [-0.4, -0.2) is 9.78 Å². The second-order valence-electron chi connectivity index (χ2n) is 4.75. The van der Waals surface area contributed by atoms with Crippen LogP contribution in [0.3, 0.4) is 0 Å². The van der Waals surface area contributed by atoms with Crippen LogP contribution >= 0.6 is 0 Å². The lowest BCUT2D eigenvalue weighted by atomic mass is 9.99. The molecule has 0 bridgehead atoms. The first-order chi connectivity index (χ1) is 7.20. The van der Waals surface area contributed by atoms with E-state index in [2.05, 4.69) is 5.10 Å². The van der Waals surface area contributed by atoms with E-state index in [0.717, 1.165) is 24.8 Å². The van der Waals surface area contributed by atoms with Crippen molar-refractivity contribution in [3.05, 3.63) is 21.6 Å². The largest absolute Gasteiger partial charge is 0.299 e. The molecule has 1 aliphatic rings. The number of hydrogen-bond donors (Lipinski definition) is 1. The zero-order valence-electron chi connectivity index (χ0n) is 9.68. The number of nitrogens with one attached hydrogen (secondary N) is 1. The first-order valence-corrected chi connectivity index (χ1v) is 6.02. The Kier molecular flexibility index (Phi) is 2.98. The van der Waals surface area contributed by atoms with E-state index in [1.807, 2.05) is 13.8 Å². The lowest BCUT2D eigenvalue weighted by Gasteiger charge is -2.07. The first kappa shape index (κ1) is 10.5. The molecule has 3 nitrogen and oxygen atoms in total. The number of H-pyrrole nitrogens is 1. The number of fused-ring (bicyclic) bond motifs is 1. The van der Waals surface area contributed by atoms with Crippen molar-refractivity contribution in [1.82, 2.24) is 9.78 Å². The number of rotatable bonds is 1. The summed E-state index contributed by atoms with van der Waals surface area (Å²) in [5.41, 5.74) is 2.44. The quantitative estimate of drug-likeness (QED) is 0.756. The molecular weight excluding hydrogens is 188 g/mol. The Hall–Kier alpha value is -0.990. The summed E-state index contributed by atoms with van der Waals surface area (Å²) in [4.78, 5) is 12.1. The molecule has 0 atom stereocenters. The highest BCUT2D eigenvalue weighted by Gasteiger charge is 2.16. The Morgan fingerprint density at radius 1 is 1.13 bits per heavy atom. The summed E-state index contributed by atoms with van der Waals surface area (Å²) in [6.45, 7) is 4.09. The third-order valence-corrected chi connectivity index (χ3v) is 3.22. The van der Waals surface area contributed by atoms with Crippen LogP contribution in [0.5, 0.6) is 0 Å². The molecule has 0 unspecified atom stereocenters. The molecule has 1 heterocycles. The molecule has 1 N–H and O–H groups in total. The van der Waals surface area contributed by atoms with E-state index in [4.69, 9.17) is 0 Å². The average Bonchev–Trinajstić information content (AvgIpc) is 2.42. The van der Waals surface area contributed by atoms with Gasteiger partial charge in [-0.2, -0.15) is 0 Å². The molecule has 84 valence electrons. The van der Waals surface area contributed by atoms with Crippen LogP contribution in [0.25, 0.3) is 0 Å². The maximum atomic E-state index is 12.1. The van der Waals surface area contributed by atoms with Gasteiger partial charge in [-0.05, 0) is 39.5 Å². The van der Waals surface area contributed by atoms with Gasteiger partial charge in [0, 0.05) is 17.3 Å². The van der Waals surface area contributed by atoms with Crippen molar-refractivity contribution in [3.8, 4) is 0 Å². The SMILES string of the molecule is CC(C)n1[nH]c2c(c1=O)CCCCCC2. The zero-order chi connectivity index (χ0) is 10.8. The van der Waals surface area contributed by atoms with Crippen LogP contribution in [0.4, 0.5) is 0 Å². The van der Waals surface area contributed by atoms with Gasteiger partial charge in [-0.25, -0.2) is 0 Å². The van der Waals surface area contributed by atoms with E-state index in [0.29, 0.717) is 0 Å². The van der Waals surface area contributed by atoms with Gasteiger partial charge in [0.25, 0.3) is 5.56 Å². The highest BCUT2D eigenvalue weighted by Crippen LogP contribution is 2.16. The van der Waals surface area contributed by atoms with Crippen LogP contribution < -0.4 is 5.56 Å². The van der Waals surface area contributed by atoms with E-state index in [1.165, 1.54) is 25.0 Å². The molecule has 1 aromatic rings. The van der Waals surface area contributed by atoms with Crippen LogP contribution in [-0.2, 0) is 12.8 Å². The van der Waals surface area contributed by atoms with Crippen LogP contribution in [0.1, 0.15) is 56.8 Å². The summed E-state index contributed by atoms with van der Waals surface area (Å²) < 4.78 is 1.77. The van der Waals surface area contributed by atoms with Crippen molar-refractivity contribution in [3.63, 3.8) is 0 Å². The fourth-order valence-corrected chi connectivity index (χ4v) is 2.32. The van der Waals surface area contributed by atoms with Crippen LogP contribution in [0.2, 0.25) is 0 Å². The Morgan fingerprint density at radius 3 is 2.47 bits per heavy atom. The minimum Gasteiger partial charge on any atom is -0.299 e. The van der Waals surface area contributed by atoms with Gasteiger partial charge in [0.1, 0.15) is 0 Å². The molecule has 0 aromatic carbocycles. The summed E-state index contributed by atoms with van der Waals surface area (Å²) in [6, 6.07) is 0.241. The lowest BCUT2D eigenvalue weighted by molar-refractivity contribution is 0.510. The van der Waals surface area contributed by atoms with Crippen molar-refractivity contribution in [2.75, 3.05) is 0 Å². The molecule has 0 spiro atoms. The molecule has 15 heavy (non-hydrogen) atoms. The molecule has 0 saturated carbocycles.